The molecule has 3 nitrogen and oxygen atoms in total. The van der Waals surface area contributed by atoms with E-state index in [9.17, 15) is 9.18 Å². The van der Waals surface area contributed by atoms with Crippen molar-refractivity contribution in [1.82, 2.24) is 0 Å². The highest BCUT2D eigenvalue weighted by Gasteiger charge is 1.97. The van der Waals surface area contributed by atoms with E-state index in [-0.39, 0.29) is 11.6 Å². The van der Waals surface area contributed by atoms with Gasteiger partial charge in [0, 0.05) is 6.61 Å². The number of ether oxygens (including phenoxy) is 1. The molecule has 0 aromatic heterocycles. The van der Waals surface area contributed by atoms with Crippen LogP contribution in [-0.4, -0.2) is 35.8 Å². The zero-order valence-corrected chi connectivity index (χ0v) is 10.9. The third-order valence-electron chi connectivity index (χ3n) is 2.25. The molecule has 0 amide bonds. The van der Waals surface area contributed by atoms with E-state index in [1.54, 1.807) is 12.1 Å². The molecule has 1 aromatic carbocycles. The normalized spacial score (nSPS) is 10.5. The maximum atomic E-state index is 12.6. The van der Waals surface area contributed by atoms with Crippen LogP contribution in [0.25, 0.3) is 0 Å². The molecule has 0 aliphatic rings. The predicted octanol–water partition coefficient (Wildman–Crippen LogP) is 2.59. The highest BCUT2D eigenvalue weighted by molar-refractivity contribution is 7.99. The van der Waals surface area contributed by atoms with Crippen molar-refractivity contribution in [3.8, 4) is 0 Å². The summed E-state index contributed by atoms with van der Waals surface area (Å²) in [6.45, 7) is 1.24. The van der Waals surface area contributed by atoms with Crippen molar-refractivity contribution in [3.63, 3.8) is 0 Å². The van der Waals surface area contributed by atoms with Gasteiger partial charge in [0.2, 0.25) is 0 Å². The average molecular weight is 272 g/mol. The number of carboxylic acids is 1. The van der Waals surface area contributed by atoms with E-state index in [2.05, 4.69) is 0 Å². The van der Waals surface area contributed by atoms with Crippen molar-refractivity contribution in [2.75, 3.05) is 24.7 Å². The minimum absolute atomic E-state index is 0.148. The Balaban J connectivity index is 1.95. The van der Waals surface area contributed by atoms with Gasteiger partial charge >= 0.3 is 5.97 Å². The Morgan fingerprint density at radius 2 is 2.00 bits per heavy atom. The molecule has 0 atom stereocenters. The van der Waals surface area contributed by atoms with Crippen LogP contribution in [0.15, 0.2) is 24.3 Å². The highest BCUT2D eigenvalue weighted by atomic mass is 32.2. The second-order valence-electron chi connectivity index (χ2n) is 3.79. The van der Waals surface area contributed by atoms with Gasteiger partial charge in [-0.05, 0) is 36.3 Å². The molecule has 100 valence electrons. The molecular weight excluding hydrogens is 255 g/mol. The number of halogens is 1. The van der Waals surface area contributed by atoms with E-state index in [1.165, 1.54) is 23.9 Å². The molecule has 1 rings (SSSR count). The molecule has 0 fully saturated rings. The Bertz CT molecular complexity index is 354. The first-order valence-corrected chi connectivity index (χ1v) is 6.95. The lowest BCUT2D eigenvalue weighted by Gasteiger charge is -2.04. The fraction of sp³-hybridized carbons (Fsp3) is 0.462. The third-order valence-corrected chi connectivity index (χ3v) is 3.28. The zero-order chi connectivity index (χ0) is 13.2. The first kappa shape index (κ1) is 15.0. The number of aliphatic carboxylic acids is 1. The number of benzene rings is 1. The number of rotatable bonds is 9. The van der Waals surface area contributed by atoms with Gasteiger partial charge in [0.25, 0.3) is 0 Å². The monoisotopic (exact) mass is 272 g/mol. The first-order chi connectivity index (χ1) is 8.68. The molecule has 5 heteroatoms. The number of thioether (sulfide) groups is 1. The van der Waals surface area contributed by atoms with Crippen molar-refractivity contribution < 1.29 is 19.0 Å². The quantitative estimate of drug-likeness (QED) is 0.702. The Kier molecular flexibility index (Phi) is 7.44. The van der Waals surface area contributed by atoms with Gasteiger partial charge < -0.3 is 9.84 Å². The molecule has 0 saturated carbocycles. The SMILES string of the molecule is O=C(O)CSCCCOCCc1ccc(F)cc1. The summed E-state index contributed by atoms with van der Waals surface area (Å²) in [7, 11) is 0. The predicted molar refractivity (Wildman–Crippen MR) is 70.5 cm³/mol. The van der Waals surface area contributed by atoms with Gasteiger partial charge in [-0.2, -0.15) is 11.8 Å². The summed E-state index contributed by atoms with van der Waals surface area (Å²) < 4.78 is 18.0. The Hall–Kier alpha value is -1.07. The van der Waals surface area contributed by atoms with Crippen LogP contribution in [0.3, 0.4) is 0 Å². The van der Waals surface area contributed by atoms with Crippen molar-refractivity contribution in [1.29, 1.82) is 0 Å². The van der Waals surface area contributed by atoms with Crippen LogP contribution in [0.4, 0.5) is 4.39 Å². The van der Waals surface area contributed by atoms with Gasteiger partial charge in [-0.25, -0.2) is 4.39 Å². The molecule has 0 spiro atoms. The average Bonchev–Trinajstić information content (AvgIpc) is 2.34. The van der Waals surface area contributed by atoms with Crippen LogP contribution in [0, 0.1) is 5.82 Å². The van der Waals surface area contributed by atoms with Gasteiger partial charge in [0.05, 0.1) is 12.4 Å². The fourth-order valence-electron chi connectivity index (χ4n) is 1.37. The molecular formula is C13H17FO3S. The van der Waals surface area contributed by atoms with Crippen LogP contribution >= 0.6 is 11.8 Å². The number of carboxylic acid groups (broad SMARTS) is 1. The zero-order valence-electron chi connectivity index (χ0n) is 10.1. The van der Waals surface area contributed by atoms with E-state index in [0.717, 1.165) is 24.2 Å². The lowest BCUT2D eigenvalue weighted by atomic mass is 10.2. The largest absolute Gasteiger partial charge is 0.481 e. The van der Waals surface area contributed by atoms with Gasteiger partial charge in [0.15, 0.2) is 0 Å². The van der Waals surface area contributed by atoms with E-state index >= 15 is 0 Å². The van der Waals surface area contributed by atoms with E-state index in [4.69, 9.17) is 9.84 Å². The van der Waals surface area contributed by atoms with E-state index in [1.807, 2.05) is 0 Å². The molecule has 0 heterocycles. The summed E-state index contributed by atoms with van der Waals surface area (Å²) in [5.41, 5.74) is 1.05. The number of carbonyl (C=O) groups is 1. The molecule has 0 aliphatic heterocycles. The van der Waals surface area contributed by atoms with Crippen molar-refractivity contribution >= 4 is 17.7 Å². The minimum Gasteiger partial charge on any atom is -0.481 e. The van der Waals surface area contributed by atoms with Crippen molar-refractivity contribution in [2.45, 2.75) is 12.8 Å². The fourth-order valence-corrected chi connectivity index (χ4v) is 2.01. The van der Waals surface area contributed by atoms with Crippen LogP contribution in [0.1, 0.15) is 12.0 Å². The summed E-state index contributed by atoms with van der Waals surface area (Å²) >= 11 is 1.40. The highest BCUT2D eigenvalue weighted by Crippen LogP contribution is 2.05. The van der Waals surface area contributed by atoms with Gasteiger partial charge in [-0.15, -0.1) is 0 Å². The van der Waals surface area contributed by atoms with E-state index in [0.29, 0.717) is 13.2 Å². The van der Waals surface area contributed by atoms with E-state index < -0.39 is 5.97 Å². The summed E-state index contributed by atoms with van der Waals surface area (Å²) in [5, 5.41) is 8.42. The van der Waals surface area contributed by atoms with Crippen LogP contribution in [-0.2, 0) is 16.0 Å². The third kappa shape index (κ3) is 7.29. The topological polar surface area (TPSA) is 46.5 Å². The Morgan fingerprint density at radius 3 is 2.67 bits per heavy atom. The Labute approximate surface area is 110 Å². The lowest BCUT2D eigenvalue weighted by Crippen LogP contribution is -2.03. The molecule has 0 bridgehead atoms. The second-order valence-corrected chi connectivity index (χ2v) is 4.89. The van der Waals surface area contributed by atoms with Gasteiger partial charge in [-0.3, -0.25) is 4.79 Å². The Morgan fingerprint density at radius 1 is 1.28 bits per heavy atom. The summed E-state index contributed by atoms with van der Waals surface area (Å²) in [6.07, 6.45) is 1.61. The van der Waals surface area contributed by atoms with Gasteiger partial charge in [-0.1, -0.05) is 12.1 Å². The molecule has 1 N–H and O–H groups in total. The number of hydrogen-bond acceptors (Lipinski definition) is 3. The van der Waals surface area contributed by atoms with Crippen molar-refractivity contribution in [3.05, 3.63) is 35.6 Å². The molecule has 0 aliphatic carbocycles. The molecule has 0 unspecified atom stereocenters. The summed E-state index contributed by atoms with van der Waals surface area (Å²) in [5.74, 6) is -0.0642. The summed E-state index contributed by atoms with van der Waals surface area (Å²) in [6, 6.07) is 6.39. The lowest BCUT2D eigenvalue weighted by molar-refractivity contribution is -0.133. The molecule has 1 aromatic rings. The second kappa shape index (κ2) is 8.94. The smallest absolute Gasteiger partial charge is 0.313 e. The number of hydrogen-bond donors (Lipinski definition) is 1. The maximum Gasteiger partial charge on any atom is 0.313 e. The van der Waals surface area contributed by atoms with Crippen LogP contribution in [0.5, 0.6) is 0 Å². The van der Waals surface area contributed by atoms with Crippen molar-refractivity contribution in [2.24, 2.45) is 0 Å². The maximum absolute atomic E-state index is 12.6. The standard InChI is InChI=1S/C13H17FO3S/c14-12-4-2-11(3-5-12)6-8-17-7-1-9-18-10-13(15)16/h2-5H,1,6-10H2,(H,15,16). The van der Waals surface area contributed by atoms with Gasteiger partial charge in [0.1, 0.15) is 5.82 Å². The molecule has 0 saturated heterocycles. The molecule has 18 heavy (non-hydrogen) atoms. The molecule has 0 radical (unpaired) electrons. The minimum atomic E-state index is -0.780. The summed E-state index contributed by atoms with van der Waals surface area (Å²) in [4.78, 5) is 10.2. The van der Waals surface area contributed by atoms with Crippen LogP contribution < -0.4 is 0 Å². The van der Waals surface area contributed by atoms with Crippen LogP contribution in [0.2, 0.25) is 0 Å². The first-order valence-electron chi connectivity index (χ1n) is 5.80.